The van der Waals surface area contributed by atoms with Gasteiger partial charge >= 0.3 is 0 Å². The third kappa shape index (κ3) is 3.78. The van der Waals surface area contributed by atoms with Crippen LogP contribution in [0.15, 0.2) is 36.0 Å². The van der Waals surface area contributed by atoms with Crippen molar-refractivity contribution in [3.63, 3.8) is 0 Å². The van der Waals surface area contributed by atoms with E-state index in [2.05, 4.69) is 4.98 Å². The maximum absolute atomic E-state index is 12.4. The number of likely N-dealkylation sites (tertiary alicyclic amines) is 1. The molecule has 1 unspecified atom stereocenters. The third-order valence-electron chi connectivity index (χ3n) is 3.67. The molecule has 1 aliphatic rings. The first-order valence-electron chi connectivity index (χ1n) is 7.28. The summed E-state index contributed by atoms with van der Waals surface area (Å²) in [5, 5.41) is 2.50. The Bertz CT molecular complexity index is 633. The lowest BCUT2D eigenvalue weighted by Crippen LogP contribution is -2.44. The summed E-state index contributed by atoms with van der Waals surface area (Å²) in [6.07, 6.45) is 5.56. The zero-order valence-corrected chi connectivity index (χ0v) is 13.6. The van der Waals surface area contributed by atoms with Gasteiger partial charge in [-0.2, -0.15) is 0 Å². The van der Waals surface area contributed by atoms with Crippen LogP contribution in [-0.4, -0.2) is 35.0 Å². The predicted molar refractivity (Wildman–Crippen MR) is 87.5 cm³/mol. The van der Waals surface area contributed by atoms with Crippen LogP contribution < -0.4 is 4.74 Å². The minimum Gasteiger partial charge on any atom is -0.487 e. The number of piperidine rings is 1. The highest BCUT2D eigenvalue weighted by atomic mass is 35.5. The summed E-state index contributed by atoms with van der Waals surface area (Å²) in [6.45, 7) is 1.41. The van der Waals surface area contributed by atoms with Crippen molar-refractivity contribution < 1.29 is 9.53 Å². The SMILES string of the molecule is O=C(Cc1cccs1)N1CCCC(Oc2ccncc2Cl)C1. The van der Waals surface area contributed by atoms with Crippen molar-refractivity contribution >= 4 is 28.8 Å². The Hall–Kier alpha value is -1.59. The molecular formula is C16H17ClN2O2S. The fourth-order valence-corrected chi connectivity index (χ4v) is 3.43. The number of thiophene rings is 1. The Labute approximate surface area is 138 Å². The number of rotatable bonds is 4. The molecule has 22 heavy (non-hydrogen) atoms. The Morgan fingerprint density at radius 2 is 2.41 bits per heavy atom. The van der Waals surface area contributed by atoms with Gasteiger partial charge in [0.25, 0.3) is 0 Å². The van der Waals surface area contributed by atoms with E-state index in [4.69, 9.17) is 16.3 Å². The first kappa shape index (κ1) is 15.3. The van der Waals surface area contributed by atoms with Crippen molar-refractivity contribution in [1.82, 2.24) is 9.88 Å². The Morgan fingerprint density at radius 3 is 3.18 bits per heavy atom. The maximum Gasteiger partial charge on any atom is 0.227 e. The van der Waals surface area contributed by atoms with Crippen LogP contribution in [0.5, 0.6) is 5.75 Å². The smallest absolute Gasteiger partial charge is 0.227 e. The standard InChI is InChI=1S/C16H17ClN2O2S/c17-14-10-18-6-5-15(14)21-12-3-1-7-19(11-12)16(20)9-13-4-2-8-22-13/h2,4-6,8,10,12H,1,3,7,9,11H2. The van der Waals surface area contributed by atoms with Gasteiger partial charge in [-0.25, -0.2) is 0 Å². The molecular weight excluding hydrogens is 320 g/mol. The summed E-state index contributed by atoms with van der Waals surface area (Å²) in [4.78, 5) is 19.3. The van der Waals surface area contributed by atoms with E-state index < -0.39 is 0 Å². The summed E-state index contributed by atoms with van der Waals surface area (Å²) in [7, 11) is 0. The van der Waals surface area contributed by atoms with Crippen molar-refractivity contribution in [2.75, 3.05) is 13.1 Å². The lowest BCUT2D eigenvalue weighted by Gasteiger charge is -2.33. The highest BCUT2D eigenvalue weighted by molar-refractivity contribution is 7.10. The van der Waals surface area contributed by atoms with Crippen LogP contribution in [0, 0.1) is 0 Å². The van der Waals surface area contributed by atoms with E-state index in [0.717, 1.165) is 24.3 Å². The first-order chi connectivity index (χ1) is 10.7. The molecule has 0 radical (unpaired) electrons. The summed E-state index contributed by atoms with van der Waals surface area (Å²) >= 11 is 7.69. The predicted octanol–water partition coefficient (Wildman–Crippen LogP) is 3.41. The van der Waals surface area contributed by atoms with Gasteiger partial charge in [0.15, 0.2) is 0 Å². The number of pyridine rings is 1. The minimum atomic E-state index is -0.0130. The molecule has 0 aliphatic carbocycles. The fraction of sp³-hybridized carbons (Fsp3) is 0.375. The number of carbonyl (C=O) groups excluding carboxylic acids is 1. The number of hydrogen-bond donors (Lipinski definition) is 0. The quantitative estimate of drug-likeness (QED) is 0.859. The fourth-order valence-electron chi connectivity index (χ4n) is 2.57. The van der Waals surface area contributed by atoms with E-state index >= 15 is 0 Å². The monoisotopic (exact) mass is 336 g/mol. The van der Waals surface area contributed by atoms with Crippen molar-refractivity contribution in [2.45, 2.75) is 25.4 Å². The van der Waals surface area contributed by atoms with E-state index in [0.29, 0.717) is 23.7 Å². The highest BCUT2D eigenvalue weighted by Gasteiger charge is 2.25. The van der Waals surface area contributed by atoms with Gasteiger partial charge in [-0.3, -0.25) is 9.78 Å². The summed E-state index contributed by atoms with van der Waals surface area (Å²) < 4.78 is 5.94. The number of hydrogen-bond acceptors (Lipinski definition) is 4. The largest absolute Gasteiger partial charge is 0.487 e. The van der Waals surface area contributed by atoms with Crippen LogP contribution >= 0.6 is 22.9 Å². The van der Waals surface area contributed by atoms with Gasteiger partial charge in [0.1, 0.15) is 16.9 Å². The zero-order valence-electron chi connectivity index (χ0n) is 12.1. The second-order valence-corrected chi connectivity index (χ2v) is 6.72. The van der Waals surface area contributed by atoms with E-state index in [9.17, 15) is 4.79 Å². The Balaban J connectivity index is 1.59. The van der Waals surface area contributed by atoms with Crippen LogP contribution in [0.4, 0.5) is 0 Å². The average molecular weight is 337 g/mol. The van der Waals surface area contributed by atoms with Gasteiger partial charge in [-0.05, 0) is 24.3 Å². The third-order valence-corrected chi connectivity index (χ3v) is 4.83. The lowest BCUT2D eigenvalue weighted by atomic mass is 10.1. The molecule has 1 amide bonds. The molecule has 1 atom stereocenters. The van der Waals surface area contributed by atoms with Gasteiger partial charge in [-0.15, -0.1) is 11.3 Å². The molecule has 3 heterocycles. The molecule has 2 aromatic heterocycles. The van der Waals surface area contributed by atoms with Crippen molar-refractivity contribution in [3.8, 4) is 5.75 Å². The average Bonchev–Trinajstić information content (AvgIpc) is 3.03. The number of halogens is 1. The van der Waals surface area contributed by atoms with Gasteiger partial charge in [0.05, 0.1) is 13.0 Å². The van der Waals surface area contributed by atoms with Gasteiger partial charge < -0.3 is 9.64 Å². The van der Waals surface area contributed by atoms with Gasteiger partial charge in [0.2, 0.25) is 5.91 Å². The van der Waals surface area contributed by atoms with Crippen LogP contribution in [-0.2, 0) is 11.2 Å². The molecule has 116 valence electrons. The van der Waals surface area contributed by atoms with E-state index in [1.54, 1.807) is 29.8 Å². The zero-order chi connectivity index (χ0) is 15.4. The summed E-state index contributed by atoms with van der Waals surface area (Å²) in [5.74, 6) is 0.797. The minimum absolute atomic E-state index is 0.0130. The number of carbonyl (C=O) groups is 1. The molecule has 0 aromatic carbocycles. The lowest BCUT2D eigenvalue weighted by molar-refractivity contribution is -0.133. The molecule has 2 aromatic rings. The first-order valence-corrected chi connectivity index (χ1v) is 8.54. The molecule has 0 N–H and O–H groups in total. The van der Waals surface area contributed by atoms with E-state index in [1.165, 1.54) is 0 Å². The van der Waals surface area contributed by atoms with Crippen LogP contribution in [0.2, 0.25) is 5.02 Å². The van der Waals surface area contributed by atoms with Crippen LogP contribution in [0.1, 0.15) is 17.7 Å². The van der Waals surface area contributed by atoms with E-state index in [-0.39, 0.29) is 12.0 Å². The number of aromatic nitrogens is 1. The topological polar surface area (TPSA) is 42.4 Å². The molecule has 6 heteroatoms. The van der Waals surface area contributed by atoms with Crippen LogP contribution in [0.3, 0.4) is 0 Å². The highest BCUT2D eigenvalue weighted by Crippen LogP contribution is 2.25. The van der Waals surface area contributed by atoms with Gasteiger partial charge in [-0.1, -0.05) is 17.7 Å². The molecule has 1 saturated heterocycles. The second-order valence-electron chi connectivity index (χ2n) is 5.28. The number of nitrogens with zero attached hydrogens (tertiary/aromatic N) is 2. The second kappa shape index (κ2) is 7.11. The summed E-state index contributed by atoms with van der Waals surface area (Å²) in [6, 6.07) is 5.73. The molecule has 0 spiro atoms. The van der Waals surface area contributed by atoms with Crippen LogP contribution in [0.25, 0.3) is 0 Å². The maximum atomic E-state index is 12.4. The number of amides is 1. The summed E-state index contributed by atoms with van der Waals surface area (Å²) in [5.41, 5.74) is 0. The van der Waals surface area contributed by atoms with Gasteiger partial charge in [0, 0.05) is 29.9 Å². The number of ether oxygens (including phenoxy) is 1. The van der Waals surface area contributed by atoms with E-state index in [1.807, 2.05) is 22.4 Å². The molecule has 1 fully saturated rings. The Kier molecular flexibility index (Phi) is 4.95. The van der Waals surface area contributed by atoms with Crippen molar-refractivity contribution in [2.24, 2.45) is 0 Å². The van der Waals surface area contributed by atoms with Crippen molar-refractivity contribution in [1.29, 1.82) is 0 Å². The Morgan fingerprint density at radius 1 is 1.50 bits per heavy atom. The molecule has 0 saturated carbocycles. The normalized spacial score (nSPS) is 18.2. The molecule has 1 aliphatic heterocycles. The molecule has 4 nitrogen and oxygen atoms in total. The molecule has 0 bridgehead atoms. The molecule has 3 rings (SSSR count). The van der Waals surface area contributed by atoms with Crippen molar-refractivity contribution in [3.05, 3.63) is 45.9 Å².